The van der Waals surface area contributed by atoms with Gasteiger partial charge in [-0.05, 0) is 55.3 Å². The van der Waals surface area contributed by atoms with Gasteiger partial charge in [0.2, 0.25) is 0 Å². The first-order valence-corrected chi connectivity index (χ1v) is 9.20. The van der Waals surface area contributed by atoms with Gasteiger partial charge in [0.1, 0.15) is 0 Å². The molecule has 0 bridgehead atoms. The summed E-state index contributed by atoms with van der Waals surface area (Å²) in [7, 11) is -5.85. The molecule has 4 aliphatic carbocycles. The molecular weight excluding hydrogens is 334 g/mol. The Hall–Kier alpha value is -0.800. The lowest BCUT2D eigenvalue weighted by Crippen LogP contribution is -2.68. The highest BCUT2D eigenvalue weighted by Gasteiger charge is 2.82. The molecule has 4 aliphatic rings. The van der Waals surface area contributed by atoms with Crippen LogP contribution in [-0.4, -0.2) is 42.0 Å². The second-order valence-electron chi connectivity index (χ2n) is 7.57. The third-order valence-corrected chi connectivity index (χ3v) is 7.84. The number of esters is 1. The van der Waals surface area contributed by atoms with Crippen LogP contribution in [0.25, 0.3) is 0 Å². The molecular formula is C14H18F2O6S. The molecule has 0 aromatic rings. The van der Waals surface area contributed by atoms with E-state index in [4.69, 9.17) is 4.55 Å². The van der Waals surface area contributed by atoms with Gasteiger partial charge in [0.15, 0.2) is 0 Å². The van der Waals surface area contributed by atoms with E-state index in [2.05, 4.69) is 4.74 Å². The van der Waals surface area contributed by atoms with Crippen LogP contribution in [0.1, 0.15) is 32.1 Å². The number of aliphatic hydroxyl groups excluding tert-OH is 1. The Morgan fingerprint density at radius 3 is 2.57 bits per heavy atom. The van der Waals surface area contributed by atoms with Crippen molar-refractivity contribution >= 4 is 16.1 Å². The van der Waals surface area contributed by atoms with E-state index < -0.39 is 32.9 Å². The molecule has 6 atom stereocenters. The minimum Gasteiger partial charge on any atom is -0.460 e. The molecule has 0 aromatic carbocycles. The van der Waals surface area contributed by atoms with Crippen molar-refractivity contribution in [3.8, 4) is 0 Å². The first-order valence-electron chi connectivity index (χ1n) is 7.76. The van der Waals surface area contributed by atoms with Gasteiger partial charge in [-0.3, -0.25) is 4.55 Å². The molecule has 0 saturated heterocycles. The van der Waals surface area contributed by atoms with Crippen LogP contribution in [-0.2, 0) is 19.6 Å². The summed E-state index contributed by atoms with van der Waals surface area (Å²) in [5.41, 5.74) is -0.647. The van der Waals surface area contributed by atoms with Crippen LogP contribution < -0.4 is 0 Å². The van der Waals surface area contributed by atoms with Crippen molar-refractivity contribution in [2.75, 3.05) is 6.61 Å². The number of ether oxygens (including phenoxy) is 1. The van der Waals surface area contributed by atoms with Gasteiger partial charge in [-0.25, -0.2) is 4.79 Å². The Balaban J connectivity index is 1.53. The molecule has 0 heterocycles. The molecule has 9 heteroatoms. The number of hydrogen-bond donors (Lipinski definition) is 2. The Labute approximate surface area is 131 Å². The number of carbonyl (C=O) groups excluding carboxylic acids is 1. The molecule has 130 valence electrons. The SMILES string of the molecule is O=C(OCC12CC(O)C3CCC4CC(C1)C432)C(F)(F)S(=O)(=O)O. The maximum atomic E-state index is 13.3. The van der Waals surface area contributed by atoms with Crippen molar-refractivity contribution in [2.45, 2.75) is 43.5 Å². The average Bonchev–Trinajstić information content (AvgIpc) is 2.89. The molecule has 4 rings (SSSR count). The first-order chi connectivity index (χ1) is 10.6. The van der Waals surface area contributed by atoms with Gasteiger partial charge < -0.3 is 9.84 Å². The molecule has 4 saturated carbocycles. The van der Waals surface area contributed by atoms with E-state index in [1.807, 2.05) is 0 Å². The van der Waals surface area contributed by atoms with E-state index in [1.165, 1.54) is 0 Å². The molecule has 23 heavy (non-hydrogen) atoms. The molecule has 2 N–H and O–H groups in total. The molecule has 0 amide bonds. The van der Waals surface area contributed by atoms with Crippen LogP contribution in [0.2, 0.25) is 0 Å². The summed E-state index contributed by atoms with van der Waals surface area (Å²) in [5.74, 6) is -1.25. The van der Waals surface area contributed by atoms with E-state index in [1.54, 1.807) is 0 Å². The normalized spacial score (nSPS) is 47.3. The predicted molar refractivity (Wildman–Crippen MR) is 71.9 cm³/mol. The second-order valence-corrected chi connectivity index (χ2v) is 9.03. The van der Waals surface area contributed by atoms with Gasteiger partial charge in [-0.15, -0.1) is 0 Å². The van der Waals surface area contributed by atoms with E-state index in [-0.39, 0.29) is 17.9 Å². The van der Waals surface area contributed by atoms with E-state index in [9.17, 15) is 27.1 Å². The minimum absolute atomic E-state index is 0.125. The maximum Gasteiger partial charge on any atom is 0.465 e. The molecule has 1 spiro atoms. The lowest BCUT2D eigenvalue weighted by molar-refractivity contribution is -0.262. The fourth-order valence-electron chi connectivity index (χ4n) is 6.47. The van der Waals surface area contributed by atoms with Crippen molar-refractivity contribution in [1.29, 1.82) is 0 Å². The predicted octanol–water partition coefficient (Wildman–Crippen LogP) is 1.20. The number of aliphatic hydroxyl groups is 1. The topological polar surface area (TPSA) is 101 Å². The van der Waals surface area contributed by atoms with Crippen molar-refractivity contribution in [3.63, 3.8) is 0 Å². The molecule has 6 nitrogen and oxygen atoms in total. The molecule has 4 fully saturated rings. The second kappa shape index (κ2) is 4.23. The van der Waals surface area contributed by atoms with Gasteiger partial charge in [0, 0.05) is 5.41 Å². The van der Waals surface area contributed by atoms with Gasteiger partial charge in [-0.1, -0.05) is 0 Å². The summed E-state index contributed by atoms with van der Waals surface area (Å²) in [6, 6.07) is 0. The molecule has 6 unspecified atom stereocenters. The smallest absolute Gasteiger partial charge is 0.460 e. The van der Waals surface area contributed by atoms with Crippen molar-refractivity contribution in [3.05, 3.63) is 0 Å². The number of hydrogen-bond acceptors (Lipinski definition) is 5. The standard InChI is InChI=1S/C14H18F2O6S/c15-14(16,23(19,20)21)11(18)22-6-12-4-8-3-7-1-2-9(10(17)5-12)13(7,8)12/h7-10,17H,1-6H2,(H,19,20,21). The van der Waals surface area contributed by atoms with Crippen molar-refractivity contribution in [2.24, 2.45) is 28.6 Å². The van der Waals surface area contributed by atoms with Crippen LogP contribution >= 0.6 is 0 Å². The first kappa shape index (κ1) is 15.7. The monoisotopic (exact) mass is 352 g/mol. The zero-order chi connectivity index (χ0) is 16.8. The zero-order valence-corrected chi connectivity index (χ0v) is 13.1. The average molecular weight is 352 g/mol. The van der Waals surface area contributed by atoms with Crippen LogP contribution in [0.5, 0.6) is 0 Å². The summed E-state index contributed by atoms with van der Waals surface area (Å²) >= 11 is 0. The van der Waals surface area contributed by atoms with E-state index in [0.717, 1.165) is 19.3 Å². The maximum absolute atomic E-state index is 13.3. The number of alkyl halides is 2. The summed E-state index contributed by atoms with van der Waals surface area (Å²) in [5, 5.41) is 5.35. The zero-order valence-electron chi connectivity index (χ0n) is 12.2. The van der Waals surface area contributed by atoms with Gasteiger partial charge >= 0.3 is 21.3 Å². The summed E-state index contributed by atoms with van der Waals surface area (Å²) in [6.07, 6.45) is 3.55. The highest BCUT2D eigenvalue weighted by Crippen LogP contribution is 2.85. The number of rotatable bonds is 4. The van der Waals surface area contributed by atoms with E-state index in [0.29, 0.717) is 24.7 Å². The fourth-order valence-corrected chi connectivity index (χ4v) is 6.74. The lowest BCUT2D eigenvalue weighted by atomic mass is 9.32. The third kappa shape index (κ3) is 1.59. The third-order valence-electron chi connectivity index (χ3n) is 7.02. The summed E-state index contributed by atoms with van der Waals surface area (Å²) in [4.78, 5) is 11.4. The quantitative estimate of drug-likeness (QED) is 0.582. The molecule has 0 aromatic heterocycles. The minimum atomic E-state index is -5.85. The fraction of sp³-hybridized carbons (Fsp3) is 0.929. The Morgan fingerprint density at radius 1 is 1.26 bits per heavy atom. The Morgan fingerprint density at radius 2 is 1.96 bits per heavy atom. The van der Waals surface area contributed by atoms with Gasteiger partial charge in [-0.2, -0.15) is 17.2 Å². The van der Waals surface area contributed by atoms with Gasteiger partial charge in [0.25, 0.3) is 0 Å². The summed E-state index contributed by atoms with van der Waals surface area (Å²) in [6.45, 7) is -0.322. The highest BCUT2D eigenvalue weighted by molar-refractivity contribution is 7.87. The Kier molecular flexibility index (Phi) is 2.89. The summed E-state index contributed by atoms with van der Waals surface area (Å²) < 4.78 is 60.9. The highest BCUT2D eigenvalue weighted by atomic mass is 32.2. The van der Waals surface area contributed by atoms with Crippen LogP contribution in [0.4, 0.5) is 8.78 Å². The number of carbonyl (C=O) groups is 1. The number of halogens is 2. The lowest BCUT2D eigenvalue weighted by Gasteiger charge is -2.72. The van der Waals surface area contributed by atoms with Crippen LogP contribution in [0, 0.1) is 28.6 Å². The van der Waals surface area contributed by atoms with Gasteiger partial charge in [0.05, 0.1) is 12.7 Å². The Bertz CT molecular complexity index is 679. The van der Waals surface area contributed by atoms with Crippen molar-refractivity contribution in [1.82, 2.24) is 0 Å². The van der Waals surface area contributed by atoms with Crippen LogP contribution in [0.3, 0.4) is 0 Å². The van der Waals surface area contributed by atoms with Crippen LogP contribution in [0.15, 0.2) is 0 Å². The largest absolute Gasteiger partial charge is 0.465 e. The molecule has 0 radical (unpaired) electrons. The van der Waals surface area contributed by atoms with E-state index >= 15 is 0 Å². The van der Waals surface area contributed by atoms with Crippen molar-refractivity contribution < 1.29 is 36.4 Å². The molecule has 0 aliphatic heterocycles.